The number of unbranched alkanes of at least 4 members (excludes halogenated alkanes) is 1. The maximum Gasteiger partial charge on any atom is 0.243 e. The molecule has 0 bridgehead atoms. The Balaban J connectivity index is 1.88. The summed E-state index contributed by atoms with van der Waals surface area (Å²) in [5, 5.41) is 0. The Morgan fingerprint density at radius 1 is 1.21 bits per heavy atom. The van der Waals surface area contributed by atoms with Gasteiger partial charge in [-0.2, -0.15) is 4.31 Å². The molecule has 2 heterocycles. The first-order valence-electron chi connectivity index (χ1n) is 9.99. The van der Waals surface area contributed by atoms with Gasteiger partial charge in [0, 0.05) is 37.6 Å². The highest BCUT2D eigenvalue weighted by Gasteiger charge is 2.32. The number of carbonyl (C=O) groups excluding carboxylic acids is 1. The molecular weight excluding hydrogens is 374 g/mol. The van der Waals surface area contributed by atoms with Crippen LogP contribution in [0.4, 0.5) is 0 Å². The van der Waals surface area contributed by atoms with Crippen molar-refractivity contribution in [3.05, 3.63) is 48.0 Å². The SMILES string of the molecule is CCCCn1ccnc1C(=O)c1cccc(S(=O)(=O)N2C[C@H](C)C[C@@H](C)C2)c1. The van der Waals surface area contributed by atoms with Gasteiger partial charge in [0.1, 0.15) is 0 Å². The molecule has 6 nitrogen and oxygen atoms in total. The van der Waals surface area contributed by atoms with E-state index in [1.807, 2.05) is 4.57 Å². The molecule has 152 valence electrons. The number of imidazole rings is 1. The average Bonchev–Trinajstić information content (AvgIpc) is 3.13. The van der Waals surface area contributed by atoms with Crippen LogP contribution in [0.5, 0.6) is 0 Å². The number of aromatic nitrogens is 2. The first-order valence-corrected chi connectivity index (χ1v) is 11.4. The van der Waals surface area contributed by atoms with Crippen LogP contribution in [-0.2, 0) is 16.6 Å². The first kappa shape index (κ1) is 20.7. The van der Waals surface area contributed by atoms with E-state index in [2.05, 4.69) is 25.8 Å². The molecule has 0 amide bonds. The second kappa shape index (κ2) is 8.57. The van der Waals surface area contributed by atoms with Crippen LogP contribution in [0.25, 0.3) is 0 Å². The van der Waals surface area contributed by atoms with Gasteiger partial charge in [-0.15, -0.1) is 0 Å². The van der Waals surface area contributed by atoms with Crippen molar-refractivity contribution < 1.29 is 13.2 Å². The summed E-state index contributed by atoms with van der Waals surface area (Å²) < 4.78 is 29.7. The molecule has 2 aromatic rings. The second-order valence-corrected chi connectivity index (χ2v) is 9.86. The highest BCUT2D eigenvalue weighted by atomic mass is 32.2. The van der Waals surface area contributed by atoms with Crippen molar-refractivity contribution in [3.8, 4) is 0 Å². The van der Waals surface area contributed by atoms with Crippen LogP contribution < -0.4 is 0 Å². The molecule has 1 aliphatic heterocycles. The first-order chi connectivity index (χ1) is 13.3. The Morgan fingerprint density at radius 3 is 2.61 bits per heavy atom. The molecule has 7 heteroatoms. The van der Waals surface area contributed by atoms with Gasteiger partial charge in [-0.05, 0) is 36.8 Å². The third-order valence-electron chi connectivity index (χ3n) is 5.24. The highest BCUT2D eigenvalue weighted by Crippen LogP contribution is 2.27. The van der Waals surface area contributed by atoms with Gasteiger partial charge in [-0.1, -0.05) is 39.3 Å². The predicted octanol–water partition coefficient (Wildman–Crippen LogP) is 3.58. The Labute approximate surface area is 167 Å². The van der Waals surface area contributed by atoms with Gasteiger partial charge in [-0.25, -0.2) is 13.4 Å². The fourth-order valence-electron chi connectivity index (χ4n) is 3.91. The van der Waals surface area contributed by atoms with Gasteiger partial charge < -0.3 is 4.57 Å². The molecule has 0 unspecified atom stereocenters. The van der Waals surface area contributed by atoms with Crippen molar-refractivity contribution in [3.63, 3.8) is 0 Å². The van der Waals surface area contributed by atoms with Crippen molar-refractivity contribution in [2.24, 2.45) is 11.8 Å². The lowest BCUT2D eigenvalue weighted by Crippen LogP contribution is -2.42. The van der Waals surface area contributed by atoms with Crippen LogP contribution in [0.15, 0.2) is 41.6 Å². The molecule has 0 radical (unpaired) electrons. The molecule has 1 fully saturated rings. The smallest absolute Gasteiger partial charge is 0.243 e. The van der Waals surface area contributed by atoms with E-state index >= 15 is 0 Å². The molecule has 1 aliphatic rings. The van der Waals surface area contributed by atoms with Crippen molar-refractivity contribution in [2.75, 3.05) is 13.1 Å². The Kier molecular flexibility index (Phi) is 6.35. The lowest BCUT2D eigenvalue weighted by atomic mass is 9.94. The van der Waals surface area contributed by atoms with Gasteiger partial charge in [0.2, 0.25) is 15.8 Å². The highest BCUT2D eigenvalue weighted by molar-refractivity contribution is 7.89. The molecule has 0 saturated carbocycles. The van der Waals surface area contributed by atoms with Gasteiger partial charge >= 0.3 is 0 Å². The standard InChI is InChI=1S/C21H29N3O3S/c1-4-5-10-23-11-9-22-21(23)20(25)18-7-6-8-19(13-18)28(26,27)24-14-16(2)12-17(3)15-24/h6-9,11,13,16-17H,4-5,10,12,14-15H2,1-3H3/t16-,17-/m1/s1. The average molecular weight is 404 g/mol. The fourth-order valence-corrected chi connectivity index (χ4v) is 5.63. The van der Waals surface area contributed by atoms with Crippen molar-refractivity contribution in [1.82, 2.24) is 13.9 Å². The summed E-state index contributed by atoms with van der Waals surface area (Å²) in [4.78, 5) is 17.3. The monoisotopic (exact) mass is 403 g/mol. The molecule has 2 atom stereocenters. The van der Waals surface area contributed by atoms with Crippen LogP contribution in [0.1, 0.15) is 56.2 Å². The summed E-state index contributed by atoms with van der Waals surface area (Å²) >= 11 is 0. The van der Waals surface area contributed by atoms with E-state index in [-0.39, 0.29) is 10.7 Å². The van der Waals surface area contributed by atoms with E-state index in [9.17, 15) is 13.2 Å². The lowest BCUT2D eigenvalue weighted by Gasteiger charge is -2.34. The van der Waals surface area contributed by atoms with Gasteiger partial charge in [0.15, 0.2) is 5.82 Å². The molecule has 0 spiro atoms. The van der Waals surface area contributed by atoms with E-state index in [0.717, 1.165) is 25.8 Å². The van der Waals surface area contributed by atoms with Crippen LogP contribution >= 0.6 is 0 Å². The van der Waals surface area contributed by atoms with Crippen LogP contribution in [0.3, 0.4) is 0 Å². The number of ketones is 1. The Bertz CT molecular complexity index is 926. The minimum atomic E-state index is -3.62. The minimum absolute atomic E-state index is 0.173. The summed E-state index contributed by atoms with van der Waals surface area (Å²) in [6, 6.07) is 6.35. The normalized spacial score (nSPS) is 21.0. The number of hydrogen-bond donors (Lipinski definition) is 0. The van der Waals surface area contributed by atoms with E-state index in [4.69, 9.17) is 0 Å². The van der Waals surface area contributed by atoms with Crippen LogP contribution in [0, 0.1) is 11.8 Å². The fraction of sp³-hybridized carbons (Fsp3) is 0.524. The molecule has 0 aliphatic carbocycles. The van der Waals surface area contributed by atoms with Gasteiger partial charge in [-0.3, -0.25) is 4.79 Å². The molecule has 1 saturated heterocycles. The minimum Gasteiger partial charge on any atom is -0.328 e. The van der Waals surface area contributed by atoms with Crippen molar-refractivity contribution in [1.29, 1.82) is 0 Å². The number of benzene rings is 1. The third kappa shape index (κ3) is 4.36. The topological polar surface area (TPSA) is 72.3 Å². The van der Waals surface area contributed by atoms with Gasteiger partial charge in [0.05, 0.1) is 4.90 Å². The molecule has 1 aromatic carbocycles. The molecule has 28 heavy (non-hydrogen) atoms. The summed E-state index contributed by atoms with van der Waals surface area (Å²) in [5.74, 6) is 0.755. The quantitative estimate of drug-likeness (QED) is 0.663. The summed E-state index contributed by atoms with van der Waals surface area (Å²) in [7, 11) is -3.62. The number of aryl methyl sites for hydroxylation is 1. The Hall–Kier alpha value is -1.99. The zero-order valence-electron chi connectivity index (χ0n) is 16.8. The second-order valence-electron chi connectivity index (χ2n) is 7.92. The summed E-state index contributed by atoms with van der Waals surface area (Å²) in [6.07, 6.45) is 6.41. The van der Waals surface area contributed by atoms with E-state index in [1.165, 1.54) is 6.07 Å². The molecular formula is C21H29N3O3S. The number of piperidine rings is 1. The summed E-state index contributed by atoms with van der Waals surface area (Å²) in [6.45, 7) is 8.01. The number of carbonyl (C=O) groups is 1. The number of rotatable bonds is 7. The van der Waals surface area contributed by atoms with Crippen molar-refractivity contribution >= 4 is 15.8 Å². The van der Waals surface area contributed by atoms with E-state index in [0.29, 0.717) is 36.3 Å². The van der Waals surface area contributed by atoms with Crippen LogP contribution in [-0.4, -0.2) is 41.1 Å². The van der Waals surface area contributed by atoms with E-state index in [1.54, 1.807) is 34.9 Å². The van der Waals surface area contributed by atoms with Crippen LogP contribution in [0.2, 0.25) is 0 Å². The lowest BCUT2D eigenvalue weighted by molar-refractivity contribution is 0.102. The molecule has 0 N–H and O–H groups in total. The van der Waals surface area contributed by atoms with Gasteiger partial charge in [0.25, 0.3) is 0 Å². The maximum atomic E-state index is 13.1. The predicted molar refractivity (Wildman–Crippen MR) is 109 cm³/mol. The summed E-state index contributed by atoms with van der Waals surface area (Å²) in [5.41, 5.74) is 0.350. The third-order valence-corrected chi connectivity index (χ3v) is 7.07. The Morgan fingerprint density at radius 2 is 1.93 bits per heavy atom. The number of nitrogens with zero attached hydrogens (tertiary/aromatic N) is 3. The maximum absolute atomic E-state index is 13.1. The molecule has 3 rings (SSSR count). The number of sulfonamides is 1. The largest absolute Gasteiger partial charge is 0.328 e. The van der Waals surface area contributed by atoms with Crippen molar-refractivity contribution in [2.45, 2.75) is 51.5 Å². The number of hydrogen-bond acceptors (Lipinski definition) is 4. The zero-order valence-corrected chi connectivity index (χ0v) is 17.7. The zero-order chi connectivity index (χ0) is 20.3. The molecule has 1 aromatic heterocycles. The van der Waals surface area contributed by atoms with E-state index < -0.39 is 10.0 Å².